The van der Waals surface area contributed by atoms with Gasteiger partial charge in [0, 0.05) is 41.6 Å². The van der Waals surface area contributed by atoms with Crippen molar-refractivity contribution in [2.45, 2.75) is 58.0 Å². The van der Waals surface area contributed by atoms with E-state index in [1.54, 1.807) is 18.3 Å². The summed E-state index contributed by atoms with van der Waals surface area (Å²) in [4.78, 5) is 35.7. The number of nitrogens with zero attached hydrogens (tertiary/aromatic N) is 5. The van der Waals surface area contributed by atoms with Crippen molar-refractivity contribution >= 4 is 28.7 Å². The van der Waals surface area contributed by atoms with E-state index < -0.39 is 0 Å². The Morgan fingerprint density at radius 1 is 1.19 bits per heavy atom. The molecule has 1 saturated carbocycles. The van der Waals surface area contributed by atoms with Crippen molar-refractivity contribution in [1.82, 2.24) is 24.6 Å². The van der Waals surface area contributed by atoms with Crippen LogP contribution >= 0.6 is 0 Å². The topological polar surface area (TPSA) is 115 Å². The first kappa shape index (κ1) is 22.3. The van der Waals surface area contributed by atoms with Crippen LogP contribution in [0.25, 0.3) is 10.9 Å². The van der Waals surface area contributed by atoms with Gasteiger partial charge in [-0.15, -0.1) is 0 Å². The molecule has 4 heterocycles. The summed E-state index contributed by atoms with van der Waals surface area (Å²) >= 11 is 0. The lowest BCUT2D eigenvalue weighted by Crippen LogP contribution is -2.42. The van der Waals surface area contributed by atoms with Crippen molar-refractivity contribution in [3.05, 3.63) is 59.9 Å². The summed E-state index contributed by atoms with van der Waals surface area (Å²) in [5.41, 5.74) is 2.46. The van der Waals surface area contributed by atoms with Crippen LogP contribution in [0, 0.1) is 0 Å². The van der Waals surface area contributed by atoms with Crippen molar-refractivity contribution in [3.63, 3.8) is 0 Å². The minimum atomic E-state index is -0.320. The molecule has 1 unspecified atom stereocenters. The zero-order valence-corrected chi connectivity index (χ0v) is 20.1. The molecule has 2 aliphatic rings. The van der Waals surface area contributed by atoms with Gasteiger partial charge in [0.2, 0.25) is 11.8 Å². The molecule has 1 aliphatic carbocycles. The number of anilines is 1. The zero-order chi connectivity index (χ0) is 24.8. The Bertz CT molecular complexity index is 1470. The normalized spacial score (nSPS) is 17.2. The van der Waals surface area contributed by atoms with Crippen LogP contribution in [0.3, 0.4) is 0 Å². The number of aromatic nitrogens is 4. The minimum Gasteiger partial charge on any atom is -0.439 e. The first-order chi connectivity index (χ1) is 17.5. The summed E-state index contributed by atoms with van der Waals surface area (Å²) in [5, 5.41) is 7.59. The van der Waals surface area contributed by atoms with Crippen LogP contribution in [0.2, 0.25) is 0 Å². The Morgan fingerprint density at radius 2 is 2.06 bits per heavy atom. The van der Waals surface area contributed by atoms with Crippen LogP contribution in [0.1, 0.15) is 56.0 Å². The third kappa shape index (κ3) is 4.08. The van der Waals surface area contributed by atoms with E-state index in [4.69, 9.17) is 9.26 Å². The van der Waals surface area contributed by atoms with Gasteiger partial charge >= 0.3 is 6.03 Å². The predicted molar refractivity (Wildman–Crippen MR) is 131 cm³/mol. The number of rotatable bonds is 5. The van der Waals surface area contributed by atoms with Crippen LogP contribution in [-0.2, 0) is 17.8 Å². The van der Waals surface area contributed by atoms with Gasteiger partial charge in [-0.1, -0.05) is 12.1 Å². The number of carbonyl (C=O) groups excluding carboxylic acids is 2. The Balaban J connectivity index is 1.21. The van der Waals surface area contributed by atoms with Crippen LogP contribution in [0.15, 0.2) is 47.4 Å². The van der Waals surface area contributed by atoms with Gasteiger partial charge in [0.25, 0.3) is 0 Å². The Kier molecular flexibility index (Phi) is 5.43. The molecule has 36 heavy (non-hydrogen) atoms. The maximum Gasteiger partial charge on any atom is 0.331 e. The molecule has 4 aromatic rings. The highest BCUT2D eigenvalue weighted by atomic mass is 16.5. The number of hydrogen-bond donors (Lipinski definition) is 1. The SMILES string of the molecule is CCC(=O)N1Cc2ncnc(Oc3ccc4c(ccn4C(=O)Nc4cc(C5CC5)on4)c3)c2CC1C. The lowest BCUT2D eigenvalue weighted by Gasteiger charge is -2.34. The molecule has 2 amide bonds. The van der Waals surface area contributed by atoms with Crippen LogP contribution in [0.5, 0.6) is 11.6 Å². The summed E-state index contributed by atoms with van der Waals surface area (Å²) in [6.45, 7) is 4.34. The van der Waals surface area contributed by atoms with E-state index >= 15 is 0 Å². The van der Waals surface area contributed by atoms with E-state index in [-0.39, 0.29) is 18.0 Å². The number of fused-ring (bicyclic) bond motifs is 2. The zero-order valence-electron chi connectivity index (χ0n) is 20.1. The molecule has 10 heteroatoms. The molecule has 0 saturated heterocycles. The Labute approximate surface area is 207 Å². The van der Waals surface area contributed by atoms with Gasteiger partial charge < -0.3 is 14.2 Å². The second-order valence-corrected chi connectivity index (χ2v) is 9.36. The molecule has 10 nitrogen and oxygen atoms in total. The average Bonchev–Trinajstić information content (AvgIpc) is 3.48. The third-order valence-corrected chi connectivity index (χ3v) is 6.81. The third-order valence-electron chi connectivity index (χ3n) is 6.81. The predicted octanol–water partition coefficient (Wildman–Crippen LogP) is 4.85. The lowest BCUT2D eigenvalue weighted by molar-refractivity contribution is -0.134. The molecule has 1 fully saturated rings. The quantitative estimate of drug-likeness (QED) is 0.429. The number of carbonyl (C=O) groups is 2. The molecule has 1 aliphatic heterocycles. The highest BCUT2D eigenvalue weighted by molar-refractivity contribution is 5.98. The number of ether oxygens (including phenoxy) is 1. The van der Waals surface area contributed by atoms with E-state index in [0.717, 1.165) is 40.8 Å². The van der Waals surface area contributed by atoms with Gasteiger partial charge in [-0.3, -0.25) is 14.7 Å². The van der Waals surface area contributed by atoms with Crippen molar-refractivity contribution in [2.75, 3.05) is 5.32 Å². The van der Waals surface area contributed by atoms with Crippen molar-refractivity contribution in [2.24, 2.45) is 0 Å². The largest absolute Gasteiger partial charge is 0.439 e. The summed E-state index contributed by atoms with van der Waals surface area (Å²) in [6.07, 6.45) is 6.47. The first-order valence-electron chi connectivity index (χ1n) is 12.2. The van der Waals surface area contributed by atoms with E-state index in [1.165, 1.54) is 10.9 Å². The van der Waals surface area contributed by atoms with E-state index in [1.807, 2.05) is 36.9 Å². The Morgan fingerprint density at radius 3 is 2.86 bits per heavy atom. The Hall–Kier alpha value is -4.21. The first-order valence-corrected chi connectivity index (χ1v) is 12.2. The molecule has 1 N–H and O–H groups in total. The summed E-state index contributed by atoms with van der Waals surface area (Å²) in [5.74, 6) is 2.85. The van der Waals surface area contributed by atoms with E-state index in [2.05, 4.69) is 20.4 Å². The smallest absolute Gasteiger partial charge is 0.331 e. The monoisotopic (exact) mass is 486 g/mol. The molecule has 0 bridgehead atoms. The summed E-state index contributed by atoms with van der Waals surface area (Å²) in [6, 6.07) is 8.87. The highest BCUT2D eigenvalue weighted by Crippen LogP contribution is 2.40. The van der Waals surface area contributed by atoms with Gasteiger partial charge in [-0.25, -0.2) is 14.8 Å². The molecule has 3 aromatic heterocycles. The molecule has 0 radical (unpaired) electrons. The number of benzene rings is 1. The molecule has 6 rings (SSSR count). The molecule has 0 spiro atoms. The number of nitrogens with one attached hydrogen (secondary N) is 1. The standard InChI is InChI=1S/C26H26N6O4/c1-3-24(33)32-13-20-19(10-15(32)2)25(28-14-27-20)35-18-6-7-21-17(11-18)8-9-31(21)26(34)29-23-12-22(36-30-23)16-4-5-16/h6-9,11-12,14-16H,3-5,10,13H2,1-2H3,(H,29,30,34). The fourth-order valence-corrected chi connectivity index (χ4v) is 4.67. The summed E-state index contributed by atoms with van der Waals surface area (Å²) < 4.78 is 13.0. The van der Waals surface area contributed by atoms with Gasteiger partial charge in [0.1, 0.15) is 17.8 Å². The van der Waals surface area contributed by atoms with Crippen LogP contribution < -0.4 is 10.1 Å². The molecule has 1 aromatic carbocycles. The van der Waals surface area contributed by atoms with Crippen molar-refractivity contribution < 1.29 is 18.8 Å². The second kappa shape index (κ2) is 8.78. The molecular weight excluding hydrogens is 460 g/mol. The van der Waals surface area contributed by atoms with Crippen molar-refractivity contribution in [3.8, 4) is 11.6 Å². The van der Waals surface area contributed by atoms with Crippen molar-refractivity contribution in [1.29, 1.82) is 0 Å². The minimum absolute atomic E-state index is 0.0402. The average molecular weight is 487 g/mol. The fraction of sp³-hybridized carbons (Fsp3) is 0.346. The van der Waals surface area contributed by atoms with Gasteiger partial charge in [-0.05, 0) is 50.5 Å². The van der Waals surface area contributed by atoms with E-state index in [9.17, 15) is 9.59 Å². The van der Waals surface area contributed by atoms with Crippen LogP contribution in [0.4, 0.5) is 10.6 Å². The highest BCUT2D eigenvalue weighted by Gasteiger charge is 2.30. The van der Waals surface area contributed by atoms with Gasteiger partial charge in [0.15, 0.2) is 5.82 Å². The van der Waals surface area contributed by atoms with Crippen LogP contribution in [-0.4, -0.2) is 42.6 Å². The molecule has 184 valence electrons. The molecule has 1 atom stereocenters. The summed E-state index contributed by atoms with van der Waals surface area (Å²) in [7, 11) is 0. The number of amides is 2. The van der Waals surface area contributed by atoms with Gasteiger partial charge in [-0.2, -0.15) is 0 Å². The second-order valence-electron chi connectivity index (χ2n) is 9.36. The maximum atomic E-state index is 12.8. The lowest BCUT2D eigenvalue weighted by atomic mass is 9.99. The fourth-order valence-electron chi connectivity index (χ4n) is 4.67. The van der Waals surface area contributed by atoms with Gasteiger partial charge in [0.05, 0.1) is 17.8 Å². The molecular formula is C26H26N6O4. The number of hydrogen-bond acceptors (Lipinski definition) is 7. The maximum absolute atomic E-state index is 12.8. The van der Waals surface area contributed by atoms with E-state index in [0.29, 0.717) is 42.8 Å².